The Bertz CT molecular complexity index is 1220. The van der Waals surface area contributed by atoms with E-state index in [4.69, 9.17) is 0 Å². The molecule has 2 amide bonds. The van der Waals surface area contributed by atoms with Gasteiger partial charge in [0.2, 0.25) is 10.0 Å². The number of benzene rings is 1. The third kappa shape index (κ3) is 4.70. The minimum absolute atomic E-state index is 0.117. The Morgan fingerprint density at radius 1 is 1.30 bits per heavy atom. The third-order valence-electron chi connectivity index (χ3n) is 5.73. The van der Waals surface area contributed by atoms with Gasteiger partial charge in [0.1, 0.15) is 16.4 Å². The van der Waals surface area contributed by atoms with Gasteiger partial charge in [-0.05, 0) is 30.7 Å². The predicted octanol–water partition coefficient (Wildman–Crippen LogP) is 1.50. The highest BCUT2D eigenvalue weighted by Gasteiger charge is 2.47. The molecule has 1 aliphatic heterocycles. The summed E-state index contributed by atoms with van der Waals surface area (Å²) >= 11 is 0. The van der Waals surface area contributed by atoms with Crippen molar-refractivity contribution in [3.8, 4) is 0 Å². The molecule has 1 fully saturated rings. The van der Waals surface area contributed by atoms with Crippen LogP contribution in [-0.4, -0.2) is 65.8 Å². The molecule has 0 aliphatic carbocycles. The molecule has 2 unspecified atom stereocenters. The van der Waals surface area contributed by atoms with Crippen LogP contribution in [0.3, 0.4) is 0 Å². The number of carboxylic acid groups (broad SMARTS) is 1. The van der Waals surface area contributed by atoms with Crippen LogP contribution in [0, 0.1) is 24.0 Å². The Morgan fingerprint density at radius 3 is 2.55 bits per heavy atom. The second-order valence-corrected chi connectivity index (χ2v) is 10.0. The summed E-state index contributed by atoms with van der Waals surface area (Å²) in [5.74, 6) is -2.73. The molecule has 1 aromatic heterocycles. The number of likely N-dealkylation sites (tertiary alicyclic amines) is 1. The van der Waals surface area contributed by atoms with Crippen LogP contribution in [0.5, 0.6) is 0 Å². The van der Waals surface area contributed by atoms with Gasteiger partial charge in [-0.1, -0.05) is 6.92 Å². The Balaban J connectivity index is 1.88. The number of aliphatic hydroxyl groups is 1. The minimum atomic E-state index is -4.53. The number of nitrogens with zero attached hydrogens (tertiary/aromatic N) is 2. The van der Waals surface area contributed by atoms with Gasteiger partial charge in [-0.3, -0.25) is 4.79 Å². The minimum Gasteiger partial charge on any atom is -0.465 e. The molecule has 13 heteroatoms. The SMILES string of the molecule is Cc1cc(NC(=O)c2c(F)c(S(=O)(=O)NC3CN(C(=O)O)CC3(C)CO)cn2C)ccc1F. The number of amides is 2. The van der Waals surface area contributed by atoms with E-state index in [9.17, 15) is 32.6 Å². The molecule has 0 radical (unpaired) electrons. The lowest BCUT2D eigenvalue weighted by Crippen LogP contribution is -2.47. The number of aryl methyl sites for hydroxylation is 2. The summed E-state index contributed by atoms with van der Waals surface area (Å²) in [7, 11) is -3.25. The van der Waals surface area contributed by atoms with Gasteiger partial charge in [-0.25, -0.2) is 26.7 Å². The van der Waals surface area contributed by atoms with Gasteiger partial charge in [0, 0.05) is 43.5 Å². The molecule has 0 saturated carbocycles. The highest BCUT2D eigenvalue weighted by Crippen LogP contribution is 2.32. The van der Waals surface area contributed by atoms with E-state index in [1.165, 1.54) is 33.0 Å². The first kappa shape index (κ1) is 24.6. The number of hydrogen-bond donors (Lipinski definition) is 4. The molecule has 1 saturated heterocycles. The highest BCUT2D eigenvalue weighted by atomic mass is 32.2. The Morgan fingerprint density at radius 2 is 1.97 bits per heavy atom. The lowest BCUT2D eigenvalue weighted by Gasteiger charge is -2.28. The van der Waals surface area contributed by atoms with E-state index in [1.807, 2.05) is 0 Å². The average molecular weight is 486 g/mol. The van der Waals surface area contributed by atoms with Crippen LogP contribution in [0.15, 0.2) is 29.3 Å². The number of hydrogen-bond acceptors (Lipinski definition) is 5. The first-order chi connectivity index (χ1) is 15.3. The molecule has 33 heavy (non-hydrogen) atoms. The van der Waals surface area contributed by atoms with Crippen molar-refractivity contribution in [2.24, 2.45) is 12.5 Å². The molecule has 3 rings (SSSR count). The van der Waals surface area contributed by atoms with Crippen LogP contribution in [0.4, 0.5) is 19.3 Å². The Hall–Kier alpha value is -3.03. The smallest absolute Gasteiger partial charge is 0.407 e. The monoisotopic (exact) mass is 486 g/mol. The summed E-state index contributed by atoms with van der Waals surface area (Å²) in [5.41, 5.74) is -1.25. The molecule has 1 aliphatic rings. The van der Waals surface area contributed by atoms with Gasteiger partial charge in [0.05, 0.1) is 6.61 Å². The number of sulfonamides is 1. The van der Waals surface area contributed by atoms with Crippen molar-refractivity contribution in [2.75, 3.05) is 25.0 Å². The maximum Gasteiger partial charge on any atom is 0.407 e. The fraction of sp³-hybridized carbons (Fsp3) is 0.400. The summed E-state index contributed by atoms with van der Waals surface area (Å²) in [6.07, 6.45) is -0.361. The number of rotatable bonds is 6. The fourth-order valence-corrected chi connectivity index (χ4v) is 5.21. The zero-order valence-corrected chi connectivity index (χ0v) is 18.9. The van der Waals surface area contributed by atoms with Crippen LogP contribution in [0.1, 0.15) is 23.0 Å². The predicted molar refractivity (Wildman–Crippen MR) is 113 cm³/mol. The summed E-state index contributed by atoms with van der Waals surface area (Å²) in [6.45, 7) is 2.13. The summed E-state index contributed by atoms with van der Waals surface area (Å²) in [5, 5.41) is 21.3. The van der Waals surface area contributed by atoms with Crippen LogP contribution in [0.25, 0.3) is 0 Å². The molecule has 0 bridgehead atoms. The molecule has 0 spiro atoms. The number of nitrogens with one attached hydrogen (secondary N) is 2. The fourth-order valence-electron chi connectivity index (χ4n) is 3.72. The molecular weight excluding hydrogens is 462 g/mol. The van der Waals surface area contributed by atoms with Crippen molar-refractivity contribution < 1.29 is 37.0 Å². The number of carbonyl (C=O) groups excluding carboxylic acids is 1. The van der Waals surface area contributed by atoms with E-state index in [0.717, 1.165) is 21.7 Å². The first-order valence-corrected chi connectivity index (χ1v) is 11.3. The number of aromatic nitrogens is 1. The molecule has 2 aromatic rings. The number of anilines is 1. The van der Waals surface area contributed by atoms with Crippen molar-refractivity contribution in [3.63, 3.8) is 0 Å². The quantitative estimate of drug-likeness (QED) is 0.488. The second kappa shape index (κ2) is 8.72. The maximum absolute atomic E-state index is 15.1. The van der Waals surface area contributed by atoms with Crippen LogP contribution in [-0.2, 0) is 17.1 Å². The summed E-state index contributed by atoms with van der Waals surface area (Å²) < 4.78 is 57.7. The molecule has 1 aromatic carbocycles. The van der Waals surface area contributed by atoms with Crippen LogP contribution in [0.2, 0.25) is 0 Å². The van der Waals surface area contributed by atoms with E-state index in [2.05, 4.69) is 10.0 Å². The molecule has 4 N–H and O–H groups in total. The molecular formula is C20H24F2N4O6S. The molecule has 10 nitrogen and oxygen atoms in total. The van der Waals surface area contributed by atoms with Gasteiger partial charge < -0.3 is 25.0 Å². The normalized spacial score (nSPS) is 20.8. The van der Waals surface area contributed by atoms with Gasteiger partial charge in [-0.15, -0.1) is 0 Å². The molecule has 2 atom stereocenters. The number of aliphatic hydroxyl groups excluding tert-OH is 1. The second-order valence-electron chi connectivity index (χ2n) is 8.33. The third-order valence-corrected chi connectivity index (χ3v) is 7.19. The van der Waals surface area contributed by atoms with Gasteiger partial charge in [-0.2, -0.15) is 0 Å². The topological polar surface area (TPSA) is 141 Å². The van der Waals surface area contributed by atoms with Gasteiger partial charge >= 0.3 is 6.09 Å². The van der Waals surface area contributed by atoms with Crippen LogP contribution < -0.4 is 10.0 Å². The summed E-state index contributed by atoms with van der Waals surface area (Å²) in [6, 6.07) is 2.73. The molecule has 180 valence electrons. The van der Waals surface area contributed by atoms with E-state index >= 15 is 4.39 Å². The van der Waals surface area contributed by atoms with Crippen LogP contribution >= 0.6 is 0 Å². The lowest BCUT2D eigenvalue weighted by atomic mass is 9.87. The van der Waals surface area contributed by atoms with E-state index in [-0.39, 0.29) is 24.3 Å². The first-order valence-electron chi connectivity index (χ1n) is 9.82. The average Bonchev–Trinajstić information content (AvgIpc) is 3.21. The van der Waals surface area contributed by atoms with Gasteiger partial charge in [0.25, 0.3) is 5.91 Å². The molecule has 2 heterocycles. The van der Waals surface area contributed by atoms with E-state index in [1.54, 1.807) is 0 Å². The highest BCUT2D eigenvalue weighted by molar-refractivity contribution is 7.89. The largest absolute Gasteiger partial charge is 0.465 e. The van der Waals surface area contributed by atoms with E-state index in [0.29, 0.717) is 0 Å². The maximum atomic E-state index is 15.1. The Labute approximate surface area is 188 Å². The Kier molecular flexibility index (Phi) is 6.51. The number of carbonyl (C=O) groups is 2. The zero-order chi connectivity index (χ0) is 24.7. The standard InChI is InChI=1S/C20H24F2N4O6S/c1-11-6-12(4-5-13(11)21)23-18(28)17-16(22)14(7-25(17)3)33(31,32)24-15-8-26(19(29)30)9-20(15,2)10-27/h4-7,15,24,27H,8-10H2,1-3H3,(H,23,28)(H,29,30). The lowest BCUT2D eigenvalue weighted by molar-refractivity contribution is 0.101. The van der Waals surface area contributed by atoms with Crippen molar-refractivity contribution in [1.29, 1.82) is 0 Å². The van der Waals surface area contributed by atoms with Crippen molar-refractivity contribution in [1.82, 2.24) is 14.2 Å². The van der Waals surface area contributed by atoms with Crippen molar-refractivity contribution in [3.05, 3.63) is 47.3 Å². The summed E-state index contributed by atoms with van der Waals surface area (Å²) in [4.78, 5) is 24.1. The van der Waals surface area contributed by atoms with E-state index < -0.39 is 62.3 Å². The van der Waals surface area contributed by atoms with Crippen molar-refractivity contribution >= 4 is 27.7 Å². The number of halogens is 2. The van der Waals surface area contributed by atoms with Gasteiger partial charge in [0.15, 0.2) is 5.82 Å². The van der Waals surface area contributed by atoms with Crippen molar-refractivity contribution in [2.45, 2.75) is 24.8 Å². The zero-order valence-electron chi connectivity index (χ0n) is 18.1.